The van der Waals surface area contributed by atoms with Crippen LogP contribution < -0.4 is 9.64 Å². The first-order valence-corrected chi connectivity index (χ1v) is 20.3. The molecule has 274 valence electrons. The smallest absolute Gasteiger partial charge is 0.132 e. The Labute approximate surface area is 339 Å². The molecule has 1 spiro atoms. The number of anilines is 3. The van der Waals surface area contributed by atoms with Crippen LogP contribution in [-0.2, 0) is 10.8 Å². The molecule has 1 heterocycles. The minimum Gasteiger partial charge on any atom is -0.457 e. The number of hydrogen-bond acceptors (Lipinski definition) is 2. The Balaban J connectivity index is 1.17. The van der Waals surface area contributed by atoms with Gasteiger partial charge in [0.1, 0.15) is 11.5 Å². The number of nitrogens with zero attached hydrogens (tertiary/aromatic N) is 1. The van der Waals surface area contributed by atoms with Crippen LogP contribution in [0.2, 0.25) is 0 Å². The van der Waals surface area contributed by atoms with Gasteiger partial charge in [-0.05, 0) is 115 Å². The highest BCUT2D eigenvalue weighted by molar-refractivity contribution is 5.99. The maximum Gasteiger partial charge on any atom is 0.132 e. The van der Waals surface area contributed by atoms with Crippen LogP contribution in [0.1, 0.15) is 47.2 Å². The SMILES string of the molecule is CC1(C)c2ccccc2-c2cc(N(c3ccc4c(c3)C3(c5ccccc5Oc5ccccc53)c3cc5ccccc5cc3-4)c3ccccc3-c3ccccc3)ccc21. The van der Waals surface area contributed by atoms with E-state index in [1.165, 1.54) is 66.4 Å². The Morgan fingerprint density at radius 3 is 1.64 bits per heavy atom. The second kappa shape index (κ2) is 12.2. The van der Waals surface area contributed by atoms with Crippen LogP contribution in [0.3, 0.4) is 0 Å². The van der Waals surface area contributed by atoms with Gasteiger partial charge >= 0.3 is 0 Å². The number of hydrogen-bond donors (Lipinski definition) is 0. The van der Waals surface area contributed by atoms with E-state index >= 15 is 0 Å². The predicted octanol–water partition coefficient (Wildman–Crippen LogP) is 14.8. The molecule has 2 nitrogen and oxygen atoms in total. The summed E-state index contributed by atoms with van der Waals surface area (Å²) in [6.45, 7) is 4.70. The standard InChI is InChI=1S/C56H39NO/c1-55(2)46-22-10-8-21-42(46)45-34-39(29-31-47(45)55)57(52-25-13-9-20-41(52)36-16-4-3-5-17-36)40-28-30-43-44-32-37-18-6-7-19-38(37)33-50(44)56(51(43)35-40)48-23-11-14-26-53(48)58-54-27-15-12-24-49(54)56/h3-35H,1-2H3. The fourth-order valence-electron chi connectivity index (χ4n) is 10.5. The minimum atomic E-state index is -0.609. The highest BCUT2D eigenvalue weighted by Crippen LogP contribution is 2.63. The van der Waals surface area contributed by atoms with Crippen molar-refractivity contribution < 1.29 is 4.74 Å². The molecule has 0 unspecified atom stereocenters. The summed E-state index contributed by atoms with van der Waals surface area (Å²) >= 11 is 0. The number of rotatable bonds is 4. The minimum absolute atomic E-state index is 0.0870. The predicted molar refractivity (Wildman–Crippen MR) is 239 cm³/mol. The van der Waals surface area contributed by atoms with Gasteiger partial charge in [-0.25, -0.2) is 0 Å². The third-order valence-electron chi connectivity index (χ3n) is 13.1. The fraction of sp³-hybridized carbons (Fsp3) is 0.0714. The number of ether oxygens (including phenoxy) is 1. The lowest BCUT2D eigenvalue weighted by Gasteiger charge is -2.40. The van der Waals surface area contributed by atoms with Crippen LogP contribution >= 0.6 is 0 Å². The van der Waals surface area contributed by atoms with E-state index in [0.717, 1.165) is 39.7 Å². The molecule has 0 saturated carbocycles. The van der Waals surface area contributed by atoms with Crippen molar-refractivity contribution in [2.75, 3.05) is 4.90 Å². The van der Waals surface area contributed by atoms with Crippen molar-refractivity contribution in [3.8, 4) is 44.9 Å². The third-order valence-corrected chi connectivity index (χ3v) is 13.1. The molecule has 0 radical (unpaired) electrons. The summed E-state index contributed by atoms with van der Waals surface area (Å²) in [5.41, 5.74) is 17.7. The summed E-state index contributed by atoms with van der Waals surface area (Å²) in [5, 5.41) is 2.47. The molecule has 0 N–H and O–H groups in total. The molecule has 2 aliphatic carbocycles. The zero-order valence-electron chi connectivity index (χ0n) is 32.4. The monoisotopic (exact) mass is 741 g/mol. The molecule has 0 saturated heterocycles. The highest BCUT2D eigenvalue weighted by atomic mass is 16.5. The van der Waals surface area contributed by atoms with E-state index < -0.39 is 5.41 Å². The third kappa shape index (κ3) is 4.49. The van der Waals surface area contributed by atoms with Crippen LogP contribution in [0.15, 0.2) is 200 Å². The average Bonchev–Trinajstić information content (AvgIpc) is 3.67. The van der Waals surface area contributed by atoms with Gasteiger partial charge in [-0.2, -0.15) is 0 Å². The lowest BCUT2D eigenvalue weighted by atomic mass is 9.66. The molecule has 12 rings (SSSR count). The maximum atomic E-state index is 6.74. The van der Waals surface area contributed by atoms with E-state index in [4.69, 9.17) is 4.74 Å². The Morgan fingerprint density at radius 2 is 0.879 bits per heavy atom. The molecule has 0 bridgehead atoms. The molecule has 58 heavy (non-hydrogen) atoms. The highest BCUT2D eigenvalue weighted by Gasteiger charge is 2.51. The van der Waals surface area contributed by atoms with Gasteiger partial charge in [0, 0.05) is 33.5 Å². The molecule has 3 aliphatic rings. The second-order valence-electron chi connectivity index (χ2n) is 16.4. The van der Waals surface area contributed by atoms with Crippen molar-refractivity contribution in [2.45, 2.75) is 24.7 Å². The van der Waals surface area contributed by atoms with E-state index in [-0.39, 0.29) is 5.41 Å². The Kier molecular flexibility index (Phi) is 6.93. The van der Waals surface area contributed by atoms with Crippen LogP contribution in [0.5, 0.6) is 11.5 Å². The second-order valence-corrected chi connectivity index (χ2v) is 16.4. The van der Waals surface area contributed by atoms with Gasteiger partial charge in [0.15, 0.2) is 0 Å². The van der Waals surface area contributed by atoms with Crippen molar-refractivity contribution in [2.24, 2.45) is 0 Å². The first-order chi connectivity index (χ1) is 28.5. The normalized spacial score (nSPS) is 14.4. The molecule has 9 aromatic rings. The lowest BCUT2D eigenvalue weighted by molar-refractivity contribution is 0.436. The first kappa shape index (κ1) is 33.0. The summed E-state index contributed by atoms with van der Waals surface area (Å²) in [5.74, 6) is 1.79. The zero-order valence-corrected chi connectivity index (χ0v) is 32.4. The molecule has 2 heteroatoms. The quantitative estimate of drug-likeness (QED) is 0.178. The molecular formula is C56H39NO. The molecule has 0 amide bonds. The number of fused-ring (bicyclic) bond motifs is 13. The number of benzene rings is 9. The van der Waals surface area contributed by atoms with Crippen LogP contribution in [-0.4, -0.2) is 0 Å². The summed E-state index contributed by atoms with van der Waals surface area (Å²) in [4.78, 5) is 2.49. The zero-order chi connectivity index (χ0) is 38.6. The summed E-state index contributed by atoms with van der Waals surface area (Å²) < 4.78 is 6.74. The van der Waals surface area contributed by atoms with Gasteiger partial charge in [0.05, 0.1) is 11.1 Å². The Bertz CT molecular complexity index is 3090. The largest absolute Gasteiger partial charge is 0.457 e. The lowest BCUT2D eigenvalue weighted by Crippen LogP contribution is -2.32. The molecule has 0 fully saturated rings. The van der Waals surface area contributed by atoms with E-state index in [1.54, 1.807) is 0 Å². The Hall–Kier alpha value is -7.16. The van der Waals surface area contributed by atoms with Gasteiger partial charge in [0.25, 0.3) is 0 Å². The van der Waals surface area contributed by atoms with Crippen molar-refractivity contribution in [3.63, 3.8) is 0 Å². The average molecular weight is 742 g/mol. The fourth-order valence-corrected chi connectivity index (χ4v) is 10.5. The summed E-state index contributed by atoms with van der Waals surface area (Å²) in [6, 6.07) is 73.7. The topological polar surface area (TPSA) is 12.5 Å². The van der Waals surface area contributed by atoms with Crippen molar-refractivity contribution >= 4 is 27.8 Å². The van der Waals surface area contributed by atoms with E-state index in [2.05, 4.69) is 219 Å². The van der Waals surface area contributed by atoms with E-state index in [0.29, 0.717) is 0 Å². The van der Waals surface area contributed by atoms with Gasteiger partial charge in [0.2, 0.25) is 0 Å². The Morgan fingerprint density at radius 1 is 0.362 bits per heavy atom. The van der Waals surface area contributed by atoms with Crippen molar-refractivity contribution in [3.05, 3.63) is 234 Å². The maximum absolute atomic E-state index is 6.74. The van der Waals surface area contributed by atoms with Gasteiger partial charge in [-0.15, -0.1) is 0 Å². The van der Waals surface area contributed by atoms with Crippen molar-refractivity contribution in [1.29, 1.82) is 0 Å². The molecule has 1 aliphatic heterocycles. The number of para-hydroxylation sites is 3. The van der Waals surface area contributed by atoms with Gasteiger partial charge < -0.3 is 9.64 Å². The van der Waals surface area contributed by atoms with Crippen LogP contribution in [0.25, 0.3) is 44.2 Å². The molecule has 0 atom stereocenters. The van der Waals surface area contributed by atoms with E-state index in [1.807, 2.05) is 0 Å². The van der Waals surface area contributed by atoms with Crippen molar-refractivity contribution in [1.82, 2.24) is 0 Å². The molecule has 0 aromatic heterocycles. The first-order valence-electron chi connectivity index (χ1n) is 20.3. The molecular weight excluding hydrogens is 703 g/mol. The van der Waals surface area contributed by atoms with Crippen LogP contribution in [0, 0.1) is 0 Å². The van der Waals surface area contributed by atoms with Crippen LogP contribution in [0.4, 0.5) is 17.1 Å². The van der Waals surface area contributed by atoms with E-state index in [9.17, 15) is 0 Å². The molecule has 9 aromatic carbocycles. The van der Waals surface area contributed by atoms with Gasteiger partial charge in [-0.3, -0.25) is 0 Å². The summed E-state index contributed by atoms with van der Waals surface area (Å²) in [6.07, 6.45) is 0. The summed E-state index contributed by atoms with van der Waals surface area (Å²) in [7, 11) is 0. The van der Waals surface area contributed by atoms with Gasteiger partial charge in [-0.1, -0.05) is 159 Å².